The van der Waals surface area contributed by atoms with E-state index >= 15 is 0 Å². The van der Waals surface area contributed by atoms with Gasteiger partial charge in [0.2, 0.25) is 0 Å². The van der Waals surface area contributed by atoms with Crippen molar-refractivity contribution in [3.05, 3.63) is 42.0 Å². The van der Waals surface area contributed by atoms with Gasteiger partial charge in [-0.25, -0.2) is 0 Å². The average molecular weight is 260 g/mol. The van der Waals surface area contributed by atoms with Gasteiger partial charge in [0.25, 0.3) is 0 Å². The Bertz CT molecular complexity index is 498. The molecule has 0 aliphatic carbocycles. The minimum Gasteiger partial charge on any atom is -0.354 e. The van der Waals surface area contributed by atoms with Crippen LogP contribution in [0.4, 0.5) is 0 Å². The van der Waals surface area contributed by atoms with Crippen LogP contribution in [0, 0.1) is 0 Å². The van der Waals surface area contributed by atoms with E-state index in [9.17, 15) is 0 Å². The quantitative estimate of drug-likeness (QED) is 0.830. The third-order valence-corrected chi connectivity index (χ3v) is 3.39. The highest BCUT2D eigenvalue weighted by Gasteiger charge is 2.06. The number of aryl methyl sites for hydroxylation is 3. The summed E-state index contributed by atoms with van der Waals surface area (Å²) in [4.78, 5) is 0. The van der Waals surface area contributed by atoms with Crippen LogP contribution in [-0.2, 0) is 20.0 Å². The summed E-state index contributed by atoms with van der Waals surface area (Å²) in [5.74, 6) is 0. The molecule has 1 atom stereocenters. The van der Waals surface area contributed by atoms with Gasteiger partial charge in [-0.2, -0.15) is 5.10 Å². The van der Waals surface area contributed by atoms with Crippen molar-refractivity contribution in [1.29, 1.82) is 0 Å². The molecule has 2 rings (SSSR count). The minimum atomic E-state index is 0.430. The zero-order valence-corrected chi connectivity index (χ0v) is 12.1. The molecule has 0 fully saturated rings. The number of rotatable bonds is 7. The highest BCUT2D eigenvalue weighted by molar-refractivity contribution is 5.15. The Hall–Kier alpha value is -1.55. The highest BCUT2D eigenvalue weighted by atomic mass is 15.2. The Balaban J connectivity index is 1.86. The van der Waals surface area contributed by atoms with Gasteiger partial charge in [-0.05, 0) is 43.5 Å². The maximum absolute atomic E-state index is 4.19. The maximum atomic E-state index is 4.19. The molecule has 2 aromatic heterocycles. The molecule has 1 N–H and O–H groups in total. The molecule has 0 bridgehead atoms. The van der Waals surface area contributed by atoms with Crippen LogP contribution < -0.4 is 5.32 Å². The molecule has 0 saturated heterocycles. The second-order valence-electron chi connectivity index (χ2n) is 5.13. The molecule has 0 radical (unpaired) electrons. The molecular formula is C15H24N4. The van der Waals surface area contributed by atoms with Gasteiger partial charge in [0.05, 0.1) is 6.20 Å². The lowest BCUT2D eigenvalue weighted by atomic mass is 10.2. The van der Waals surface area contributed by atoms with Crippen molar-refractivity contribution >= 4 is 0 Å². The Morgan fingerprint density at radius 1 is 1.37 bits per heavy atom. The van der Waals surface area contributed by atoms with Crippen molar-refractivity contribution in [3.8, 4) is 0 Å². The fourth-order valence-electron chi connectivity index (χ4n) is 2.19. The lowest BCUT2D eigenvalue weighted by Gasteiger charge is -2.11. The summed E-state index contributed by atoms with van der Waals surface area (Å²) >= 11 is 0. The van der Waals surface area contributed by atoms with Crippen LogP contribution in [-0.4, -0.2) is 20.9 Å². The molecule has 104 valence electrons. The number of hydrogen-bond acceptors (Lipinski definition) is 2. The van der Waals surface area contributed by atoms with Crippen molar-refractivity contribution in [1.82, 2.24) is 19.7 Å². The third kappa shape index (κ3) is 3.96. The van der Waals surface area contributed by atoms with Crippen molar-refractivity contribution in [2.45, 2.75) is 39.3 Å². The van der Waals surface area contributed by atoms with Crippen LogP contribution >= 0.6 is 0 Å². The summed E-state index contributed by atoms with van der Waals surface area (Å²) in [6.45, 7) is 6.49. The first-order chi connectivity index (χ1) is 9.19. The summed E-state index contributed by atoms with van der Waals surface area (Å²) in [6.07, 6.45) is 10.6. The van der Waals surface area contributed by atoms with Gasteiger partial charge in [-0.15, -0.1) is 0 Å². The predicted octanol–water partition coefficient (Wildman–Crippen LogP) is 2.52. The van der Waals surface area contributed by atoms with E-state index in [1.54, 1.807) is 0 Å². The predicted molar refractivity (Wildman–Crippen MR) is 78.1 cm³/mol. The van der Waals surface area contributed by atoms with E-state index in [1.807, 2.05) is 17.9 Å². The molecule has 0 spiro atoms. The maximum Gasteiger partial charge on any atom is 0.0522 e. The zero-order valence-electron chi connectivity index (χ0n) is 12.1. The topological polar surface area (TPSA) is 34.8 Å². The van der Waals surface area contributed by atoms with Gasteiger partial charge in [0.1, 0.15) is 0 Å². The number of aromatic nitrogens is 3. The van der Waals surface area contributed by atoms with Crippen molar-refractivity contribution in [2.24, 2.45) is 7.05 Å². The summed E-state index contributed by atoms with van der Waals surface area (Å²) < 4.78 is 4.11. The SMILES string of the molecule is CCCNC(C)c1ccn(CCc2cnn(C)c2)c1. The van der Waals surface area contributed by atoms with E-state index in [0.717, 1.165) is 19.5 Å². The van der Waals surface area contributed by atoms with E-state index < -0.39 is 0 Å². The van der Waals surface area contributed by atoms with Crippen LogP contribution in [0.3, 0.4) is 0 Å². The Kier molecular flexibility index (Phi) is 4.80. The molecule has 4 heteroatoms. The first-order valence-electron chi connectivity index (χ1n) is 7.05. The van der Waals surface area contributed by atoms with Gasteiger partial charge >= 0.3 is 0 Å². The molecule has 0 amide bonds. The van der Waals surface area contributed by atoms with Crippen molar-refractivity contribution in [2.75, 3.05) is 6.54 Å². The second-order valence-corrected chi connectivity index (χ2v) is 5.13. The van der Waals surface area contributed by atoms with Crippen LogP contribution in [0.15, 0.2) is 30.9 Å². The van der Waals surface area contributed by atoms with E-state index in [2.05, 4.69) is 53.5 Å². The molecule has 1 unspecified atom stereocenters. The average Bonchev–Trinajstić information content (AvgIpc) is 3.02. The summed E-state index contributed by atoms with van der Waals surface area (Å²) in [7, 11) is 1.96. The Labute approximate surface area is 115 Å². The number of nitrogens with zero attached hydrogens (tertiary/aromatic N) is 3. The Morgan fingerprint density at radius 2 is 2.21 bits per heavy atom. The number of nitrogens with one attached hydrogen (secondary N) is 1. The molecule has 0 aliphatic rings. The molecule has 2 aromatic rings. The summed E-state index contributed by atoms with van der Waals surface area (Å²) in [6, 6.07) is 2.64. The van der Waals surface area contributed by atoms with Crippen LogP contribution in [0.2, 0.25) is 0 Å². The van der Waals surface area contributed by atoms with Gasteiger partial charge in [0.15, 0.2) is 0 Å². The summed E-state index contributed by atoms with van der Waals surface area (Å²) in [5, 5.41) is 7.71. The van der Waals surface area contributed by atoms with E-state index in [4.69, 9.17) is 0 Å². The third-order valence-electron chi connectivity index (χ3n) is 3.39. The van der Waals surface area contributed by atoms with Gasteiger partial charge in [-0.1, -0.05) is 6.92 Å². The largest absolute Gasteiger partial charge is 0.354 e. The van der Waals surface area contributed by atoms with E-state index in [-0.39, 0.29) is 0 Å². The highest BCUT2D eigenvalue weighted by Crippen LogP contribution is 2.13. The normalized spacial score (nSPS) is 12.8. The zero-order chi connectivity index (χ0) is 13.7. The van der Waals surface area contributed by atoms with Crippen molar-refractivity contribution in [3.63, 3.8) is 0 Å². The minimum absolute atomic E-state index is 0.430. The molecule has 0 aliphatic heterocycles. The fourth-order valence-corrected chi connectivity index (χ4v) is 2.19. The summed E-state index contributed by atoms with van der Waals surface area (Å²) in [5.41, 5.74) is 2.65. The van der Waals surface area contributed by atoms with Crippen molar-refractivity contribution < 1.29 is 0 Å². The second kappa shape index (κ2) is 6.57. The van der Waals surface area contributed by atoms with Crippen LogP contribution in [0.5, 0.6) is 0 Å². The molecule has 2 heterocycles. The monoisotopic (exact) mass is 260 g/mol. The lowest BCUT2D eigenvalue weighted by Crippen LogP contribution is -2.18. The standard InChI is InChI=1S/C15H24N4/c1-4-7-16-13(2)15-6-9-19(12-15)8-5-14-10-17-18(3)11-14/h6,9-13,16H,4-5,7-8H2,1-3H3. The molecule has 0 saturated carbocycles. The van der Waals surface area contributed by atoms with E-state index in [1.165, 1.54) is 17.5 Å². The lowest BCUT2D eigenvalue weighted by molar-refractivity contribution is 0.568. The van der Waals surface area contributed by atoms with Gasteiger partial charge < -0.3 is 9.88 Å². The molecule has 0 aromatic carbocycles. The van der Waals surface area contributed by atoms with E-state index in [0.29, 0.717) is 6.04 Å². The molecular weight excluding hydrogens is 236 g/mol. The Morgan fingerprint density at radius 3 is 2.89 bits per heavy atom. The first-order valence-corrected chi connectivity index (χ1v) is 7.05. The number of hydrogen-bond donors (Lipinski definition) is 1. The fraction of sp³-hybridized carbons (Fsp3) is 0.533. The van der Waals surface area contributed by atoms with Crippen LogP contribution in [0.1, 0.15) is 37.4 Å². The molecule has 4 nitrogen and oxygen atoms in total. The first kappa shape index (κ1) is 13.9. The van der Waals surface area contributed by atoms with Gasteiger partial charge in [0, 0.05) is 38.2 Å². The smallest absolute Gasteiger partial charge is 0.0522 e. The van der Waals surface area contributed by atoms with Gasteiger partial charge in [-0.3, -0.25) is 4.68 Å². The van der Waals surface area contributed by atoms with Crippen LogP contribution in [0.25, 0.3) is 0 Å². The molecule has 19 heavy (non-hydrogen) atoms.